The molecule has 0 saturated heterocycles. The minimum atomic E-state index is -0.137. The van der Waals surface area contributed by atoms with Gasteiger partial charge in [-0.15, -0.1) is 11.3 Å². The van der Waals surface area contributed by atoms with Gasteiger partial charge in [-0.05, 0) is 78.6 Å². The summed E-state index contributed by atoms with van der Waals surface area (Å²) in [6.45, 7) is 6.88. The van der Waals surface area contributed by atoms with Gasteiger partial charge in [-0.3, -0.25) is 4.79 Å². The maximum absolute atomic E-state index is 13.5. The van der Waals surface area contributed by atoms with Crippen molar-refractivity contribution >= 4 is 61.7 Å². The van der Waals surface area contributed by atoms with Gasteiger partial charge in [0.15, 0.2) is 0 Å². The molecule has 1 N–H and O–H groups in total. The first kappa shape index (κ1) is 25.0. The van der Waals surface area contributed by atoms with E-state index in [2.05, 4.69) is 42.0 Å². The molecule has 1 amide bonds. The average molecular weight is 560 g/mol. The fraction of sp³-hybridized carbons (Fsp3) is 0.333. The Morgan fingerprint density at radius 3 is 2.65 bits per heavy atom. The molecular weight excluding hydrogens is 532 g/mol. The Morgan fingerprint density at radius 1 is 1.24 bits per heavy atom. The summed E-state index contributed by atoms with van der Waals surface area (Å²) in [5.74, 6) is 1.17. The zero-order chi connectivity index (χ0) is 24.5. The van der Waals surface area contributed by atoms with Gasteiger partial charge in [-0.1, -0.05) is 48.3 Å². The van der Waals surface area contributed by atoms with E-state index in [0.29, 0.717) is 22.2 Å². The molecule has 1 aliphatic rings. The molecule has 4 rings (SSSR count). The fourth-order valence-electron chi connectivity index (χ4n) is 4.30. The van der Waals surface area contributed by atoms with E-state index in [-0.39, 0.29) is 11.3 Å². The van der Waals surface area contributed by atoms with E-state index in [1.54, 1.807) is 36.8 Å². The molecule has 0 saturated carbocycles. The van der Waals surface area contributed by atoms with E-state index < -0.39 is 0 Å². The molecule has 0 unspecified atom stereocenters. The van der Waals surface area contributed by atoms with Crippen LogP contribution in [-0.4, -0.2) is 19.2 Å². The summed E-state index contributed by atoms with van der Waals surface area (Å²) in [6, 6.07) is 12.9. The van der Waals surface area contributed by atoms with Crippen LogP contribution in [0.5, 0.6) is 5.75 Å². The maximum atomic E-state index is 13.5. The number of rotatable bonds is 5. The molecule has 0 spiro atoms. The van der Waals surface area contributed by atoms with Gasteiger partial charge < -0.3 is 10.1 Å². The zero-order valence-corrected chi connectivity index (χ0v) is 22.9. The highest BCUT2D eigenvalue weighted by Gasteiger charge is 2.33. The number of nitrogens with zero attached hydrogens (tertiary/aromatic N) is 1. The lowest BCUT2D eigenvalue weighted by molar-refractivity contribution is 0.102. The van der Waals surface area contributed by atoms with Crippen LogP contribution < -0.4 is 10.1 Å². The molecule has 0 aliphatic heterocycles. The van der Waals surface area contributed by atoms with Crippen LogP contribution in [0.15, 0.2) is 51.9 Å². The number of hydrogen-bond acceptors (Lipinski definition) is 4. The van der Waals surface area contributed by atoms with E-state index in [1.165, 1.54) is 4.88 Å². The fourth-order valence-corrected chi connectivity index (χ4v) is 6.07. The van der Waals surface area contributed by atoms with Crippen molar-refractivity contribution in [3.8, 4) is 5.75 Å². The van der Waals surface area contributed by atoms with Crippen LogP contribution in [0, 0.1) is 11.3 Å². The molecule has 0 bridgehead atoms. The smallest absolute Gasteiger partial charge is 0.259 e. The second-order valence-electron chi connectivity index (χ2n) is 9.60. The van der Waals surface area contributed by atoms with Crippen molar-refractivity contribution in [1.29, 1.82) is 0 Å². The summed E-state index contributed by atoms with van der Waals surface area (Å²) >= 11 is 11.2. The maximum Gasteiger partial charge on any atom is 0.259 e. The van der Waals surface area contributed by atoms with Crippen molar-refractivity contribution in [2.45, 2.75) is 40.0 Å². The van der Waals surface area contributed by atoms with E-state index in [4.69, 9.17) is 21.3 Å². The second kappa shape index (κ2) is 10.2. The van der Waals surface area contributed by atoms with Gasteiger partial charge in [-0.2, -0.15) is 0 Å². The molecule has 1 heterocycles. The highest BCUT2D eigenvalue weighted by Crippen LogP contribution is 2.45. The summed E-state index contributed by atoms with van der Waals surface area (Å²) in [7, 11) is 1.64. The standard InChI is InChI=1S/C27H28BrClN2O2S/c1-27(2,3)17-5-11-21-23(14-17)34-26(30-15-16-13-18(28)6-12-22(16)33-4)24(21)25(32)31-20-9-7-19(29)8-10-20/h6-10,12-13,15,17H,5,11,14H2,1-4H3,(H,31,32)/t17-/m1/s1. The largest absolute Gasteiger partial charge is 0.496 e. The quantitative estimate of drug-likeness (QED) is 0.320. The van der Waals surface area contributed by atoms with Crippen molar-refractivity contribution < 1.29 is 9.53 Å². The summed E-state index contributed by atoms with van der Waals surface area (Å²) < 4.78 is 6.43. The number of carbonyl (C=O) groups excluding carboxylic acids is 1. The Balaban J connectivity index is 1.73. The third-order valence-electron chi connectivity index (χ3n) is 6.31. The predicted molar refractivity (Wildman–Crippen MR) is 147 cm³/mol. The van der Waals surface area contributed by atoms with Crippen molar-refractivity contribution in [1.82, 2.24) is 0 Å². The van der Waals surface area contributed by atoms with Crippen molar-refractivity contribution in [2.24, 2.45) is 16.3 Å². The number of nitrogens with one attached hydrogen (secondary N) is 1. The van der Waals surface area contributed by atoms with Gasteiger partial charge in [0.1, 0.15) is 10.8 Å². The van der Waals surface area contributed by atoms with Gasteiger partial charge >= 0.3 is 0 Å². The van der Waals surface area contributed by atoms with Gasteiger partial charge in [-0.25, -0.2) is 4.99 Å². The highest BCUT2D eigenvalue weighted by molar-refractivity contribution is 9.10. The van der Waals surface area contributed by atoms with Gasteiger partial charge in [0.2, 0.25) is 0 Å². The molecule has 4 nitrogen and oxygen atoms in total. The number of anilines is 1. The lowest BCUT2D eigenvalue weighted by Gasteiger charge is -2.33. The third-order valence-corrected chi connectivity index (χ3v) is 8.22. The van der Waals surface area contributed by atoms with Crippen LogP contribution in [0.25, 0.3) is 0 Å². The number of amides is 1. The molecule has 2 aromatic carbocycles. The first-order chi connectivity index (χ1) is 16.2. The summed E-state index contributed by atoms with van der Waals surface area (Å²) in [4.78, 5) is 19.5. The van der Waals surface area contributed by atoms with Gasteiger partial charge in [0.05, 0.1) is 12.7 Å². The number of benzene rings is 2. The third kappa shape index (κ3) is 5.56. The Morgan fingerprint density at radius 2 is 1.97 bits per heavy atom. The number of methoxy groups -OCH3 is 1. The van der Waals surface area contributed by atoms with Crippen LogP contribution in [0.4, 0.5) is 10.7 Å². The molecule has 0 fully saturated rings. The highest BCUT2D eigenvalue weighted by atomic mass is 79.9. The monoisotopic (exact) mass is 558 g/mol. The Hall–Kier alpha value is -2.15. The van der Waals surface area contributed by atoms with Crippen molar-refractivity contribution in [3.05, 3.63) is 73.5 Å². The molecule has 178 valence electrons. The minimum Gasteiger partial charge on any atom is -0.496 e. The number of halogens is 2. The number of aliphatic imine (C=N–C) groups is 1. The minimum absolute atomic E-state index is 0.137. The zero-order valence-electron chi connectivity index (χ0n) is 19.7. The molecule has 0 radical (unpaired) electrons. The second-order valence-corrected chi connectivity index (χ2v) is 12.0. The van der Waals surface area contributed by atoms with Crippen molar-refractivity contribution in [3.63, 3.8) is 0 Å². The number of carbonyl (C=O) groups is 1. The van der Waals surface area contributed by atoms with Crippen LogP contribution in [0.3, 0.4) is 0 Å². The van der Waals surface area contributed by atoms with E-state index in [0.717, 1.165) is 45.6 Å². The average Bonchev–Trinajstić information content (AvgIpc) is 3.16. The number of ether oxygens (including phenoxy) is 1. The predicted octanol–water partition coefficient (Wildman–Crippen LogP) is 8.33. The van der Waals surface area contributed by atoms with Crippen LogP contribution in [-0.2, 0) is 12.8 Å². The molecule has 1 aliphatic carbocycles. The van der Waals surface area contributed by atoms with Crippen LogP contribution >= 0.6 is 38.9 Å². The van der Waals surface area contributed by atoms with E-state index in [1.807, 2.05) is 30.3 Å². The molecule has 1 aromatic heterocycles. The number of thiophene rings is 1. The first-order valence-corrected chi connectivity index (χ1v) is 13.2. The molecule has 1 atom stereocenters. The molecule has 34 heavy (non-hydrogen) atoms. The van der Waals surface area contributed by atoms with Crippen LogP contribution in [0.2, 0.25) is 5.02 Å². The van der Waals surface area contributed by atoms with Gasteiger partial charge in [0.25, 0.3) is 5.91 Å². The van der Waals surface area contributed by atoms with E-state index in [9.17, 15) is 4.79 Å². The Labute approximate surface area is 218 Å². The lowest BCUT2D eigenvalue weighted by Crippen LogP contribution is -2.27. The molecule has 3 aromatic rings. The molecule has 7 heteroatoms. The van der Waals surface area contributed by atoms with Crippen molar-refractivity contribution in [2.75, 3.05) is 12.4 Å². The lowest BCUT2D eigenvalue weighted by atomic mass is 9.72. The first-order valence-electron chi connectivity index (χ1n) is 11.2. The SMILES string of the molecule is COc1ccc(Br)cc1C=Nc1sc2c(c1C(=O)Nc1ccc(Cl)cc1)CC[C@@H](C(C)(C)C)C2. The van der Waals surface area contributed by atoms with Crippen LogP contribution in [0.1, 0.15) is 53.6 Å². The van der Waals surface area contributed by atoms with E-state index >= 15 is 0 Å². The summed E-state index contributed by atoms with van der Waals surface area (Å²) in [5, 5.41) is 4.40. The van der Waals surface area contributed by atoms with Gasteiger partial charge in [0, 0.05) is 31.8 Å². The topological polar surface area (TPSA) is 50.7 Å². The summed E-state index contributed by atoms with van der Waals surface area (Å²) in [5.41, 5.74) is 3.58. The molecular formula is C27H28BrClN2O2S. The summed E-state index contributed by atoms with van der Waals surface area (Å²) in [6.07, 6.45) is 4.70. The Kier molecular flexibility index (Phi) is 7.51. The Bertz CT molecular complexity index is 1230. The normalized spacial score (nSPS) is 15.9. The number of fused-ring (bicyclic) bond motifs is 1. The number of hydrogen-bond donors (Lipinski definition) is 1.